The molecule has 0 amide bonds. The molecule has 0 unspecified atom stereocenters. The lowest BCUT2D eigenvalue weighted by molar-refractivity contribution is 0.684. The van der Waals surface area contributed by atoms with E-state index in [4.69, 9.17) is 11.6 Å². The molecule has 0 aliphatic carbocycles. The average Bonchev–Trinajstić information content (AvgIpc) is 3.03. The lowest BCUT2D eigenvalue weighted by Crippen LogP contribution is -2.38. The van der Waals surface area contributed by atoms with Crippen molar-refractivity contribution in [1.29, 1.82) is 0 Å². The van der Waals surface area contributed by atoms with Gasteiger partial charge in [0.1, 0.15) is 0 Å². The van der Waals surface area contributed by atoms with Gasteiger partial charge in [-0.1, -0.05) is 11.6 Å². The Balaban J connectivity index is 1.74. The molecular weight excluding hydrogens is 294 g/mol. The SMILES string of the molecule is CN=C(NCCc1ccc(Cl)s1)NCc1ccnn1C. The third kappa shape index (κ3) is 4.25. The number of aromatic nitrogens is 2. The predicted octanol–water partition coefficient (Wildman–Crippen LogP) is 2.04. The molecule has 0 saturated heterocycles. The van der Waals surface area contributed by atoms with E-state index in [1.54, 1.807) is 24.6 Å². The molecule has 2 aromatic rings. The fraction of sp³-hybridized carbons (Fsp3) is 0.385. The first kappa shape index (κ1) is 14.9. The van der Waals surface area contributed by atoms with Gasteiger partial charge in [-0.25, -0.2) is 0 Å². The second-order valence-corrected chi connectivity index (χ2v) is 6.05. The van der Waals surface area contributed by atoms with Crippen LogP contribution in [-0.4, -0.2) is 29.3 Å². The zero-order valence-electron chi connectivity index (χ0n) is 11.6. The molecule has 2 rings (SSSR count). The number of nitrogens with zero attached hydrogens (tertiary/aromatic N) is 3. The number of aliphatic imine (C=N–C) groups is 1. The molecule has 7 heteroatoms. The molecule has 0 aliphatic rings. The number of rotatable bonds is 5. The van der Waals surface area contributed by atoms with E-state index in [0.717, 1.165) is 29.0 Å². The maximum absolute atomic E-state index is 5.90. The molecule has 2 N–H and O–H groups in total. The van der Waals surface area contributed by atoms with E-state index in [2.05, 4.69) is 26.8 Å². The van der Waals surface area contributed by atoms with Crippen molar-refractivity contribution in [3.05, 3.63) is 39.3 Å². The Morgan fingerprint density at radius 1 is 1.40 bits per heavy atom. The lowest BCUT2D eigenvalue weighted by Gasteiger charge is -2.11. The summed E-state index contributed by atoms with van der Waals surface area (Å²) >= 11 is 7.52. The van der Waals surface area contributed by atoms with E-state index in [-0.39, 0.29) is 0 Å². The molecule has 0 aromatic carbocycles. The van der Waals surface area contributed by atoms with E-state index < -0.39 is 0 Å². The maximum Gasteiger partial charge on any atom is 0.191 e. The van der Waals surface area contributed by atoms with Gasteiger partial charge in [0.25, 0.3) is 0 Å². The number of thiophene rings is 1. The third-order valence-corrected chi connectivity index (χ3v) is 4.17. The number of hydrogen-bond donors (Lipinski definition) is 2. The molecule has 0 radical (unpaired) electrons. The highest BCUT2D eigenvalue weighted by molar-refractivity contribution is 7.16. The Labute approximate surface area is 127 Å². The first-order chi connectivity index (χ1) is 9.69. The molecule has 0 spiro atoms. The summed E-state index contributed by atoms with van der Waals surface area (Å²) in [5.41, 5.74) is 1.11. The van der Waals surface area contributed by atoms with Crippen molar-refractivity contribution in [2.75, 3.05) is 13.6 Å². The molecule has 0 bridgehead atoms. The standard InChI is InChI=1S/C13H18ClN5S/c1-15-13(17-9-10-5-8-18-19(10)2)16-7-6-11-3-4-12(14)20-11/h3-5,8H,6-7,9H2,1-2H3,(H2,15,16,17). The molecule has 5 nitrogen and oxygen atoms in total. The molecule has 108 valence electrons. The largest absolute Gasteiger partial charge is 0.356 e. The zero-order valence-corrected chi connectivity index (χ0v) is 13.1. The Hall–Kier alpha value is -1.53. The van der Waals surface area contributed by atoms with E-state index in [1.807, 2.05) is 23.9 Å². The smallest absolute Gasteiger partial charge is 0.191 e. The summed E-state index contributed by atoms with van der Waals surface area (Å²) in [6, 6.07) is 5.96. The summed E-state index contributed by atoms with van der Waals surface area (Å²) in [6.07, 6.45) is 2.72. The van der Waals surface area contributed by atoms with Gasteiger partial charge in [0.15, 0.2) is 5.96 Å². The molecule has 0 atom stereocenters. The fourth-order valence-electron chi connectivity index (χ4n) is 1.76. The van der Waals surface area contributed by atoms with Crippen molar-refractivity contribution in [3.8, 4) is 0 Å². The quantitative estimate of drug-likeness (QED) is 0.656. The predicted molar refractivity (Wildman–Crippen MR) is 84.4 cm³/mol. The van der Waals surface area contributed by atoms with Gasteiger partial charge in [0, 0.05) is 31.7 Å². The molecule has 0 fully saturated rings. The van der Waals surface area contributed by atoms with Crippen molar-refractivity contribution in [1.82, 2.24) is 20.4 Å². The topological polar surface area (TPSA) is 54.2 Å². The van der Waals surface area contributed by atoms with Gasteiger partial charge in [0.05, 0.1) is 16.6 Å². The van der Waals surface area contributed by atoms with Crippen LogP contribution < -0.4 is 10.6 Å². The minimum Gasteiger partial charge on any atom is -0.356 e. The van der Waals surface area contributed by atoms with Crippen LogP contribution in [0.3, 0.4) is 0 Å². The van der Waals surface area contributed by atoms with E-state index >= 15 is 0 Å². The zero-order chi connectivity index (χ0) is 14.4. The van der Waals surface area contributed by atoms with Gasteiger partial charge >= 0.3 is 0 Å². The average molecular weight is 312 g/mol. The second kappa shape index (κ2) is 7.31. The van der Waals surface area contributed by atoms with Crippen LogP contribution in [0.5, 0.6) is 0 Å². The summed E-state index contributed by atoms with van der Waals surface area (Å²) in [7, 11) is 3.69. The van der Waals surface area contributed by atoms with Gasteiger partial charge in [-0.05, 0) is 24.6 Å². The highest BCUT2D eigenvalue weighted by Crippen LogP contribution is 2.21. The van der Waals surface area contributed by atoms with Crippen LogP contribution in [0.15, 0.2) is 29.4 Å². The van der Waals surface area contributed by atoms with Crippen LogP contribution in [0, 0.1) is 0 Å². The summed E-state index contributed by atoms with van der Waals surface area (Å²) in [6.45, 7) is 1.52. The highest BCUT2D eigenvalue weighted by Gasteiger charge is 2.02. The Morgan fingerprint density at radius 3 is 2.85 bits per heavy atom. The molecule has 0 aliphatic heterocycles. The summed E-state index contributed by atoms with van der Waals surface area (Å²) < 4.78 is 2.67. The number of aryl methyl sites for hydroxylation is 1. The van der Waals surface area contributed by atoms with Gasteiger partial charge < -0.3 is 10.6 Å². The number of halogens is 1. The molecule has 20 heavy (non-hydrogen) atoms. The summed E-state index contributed by atoms with van der Waals surface area (Å²) in [5, 5.41) is 10.7. The fourth-order valence-corrected chi connectivity index (χ4v) is 2.85. The van der Waals surface area contributed by atoms with Crippen LogP contribution in [0.25, 0.3) is 0 Å². The summed E-state index contributed by atoms with van der Waals surface area (Å²) in [5.74, 6) is 0.786. The van der Waals surface area contributed by atoms with Crippen molar-refractivity contribution in [2.24, 2.45) is 12.0 Å². The first-order valence-electron chi connectivity index (χ1n) is 6.34. The van der Waals surface area contributed by atoms with Crippen LogP contribution >= 0.6 is 22.9 Å². The number of hydrogen-bond acceptors (Lipinski definition) is 3. The second-order valence-electron chi connectivity index (χ2n) is 4.25. The van der Waals surface area contributed by atoms with Crippen molar-refractivity contribution >= 4 is 28.9 Å². The van der Waals surface area contributed by atoms with Crippen LogP contribution in [0.1, 0.15) is 10.6 Å². The molecule has 2 heterocycles. The maximum atomic E-state index is 5.90. The number of guanidine groups is 1. The van der Waals surface area contributed by atoms with Crippen LogP contribution in [0.4, 0.5) is 0 Å². The van der Waals surface area contributed by atoms with E-state index in [9.17, 15) is 0 Å². The Kier molecular flexibility index (Phi) is 5.43. The first-order valence-corrected chi connectivity index (χ1v) is 7.54. The Morgan fingerprint density at radius 2 is 2.25 bits per heavy atom. The lowest BCUT2D eigenvalue weighted by atomic mass is 10.3. The van der Waals surface area contributed by atoms with Crippen molar-refractivity contribution < 1.29 is 0 Å². The Bertz CT molecular complexity index is 575. The minimum absolute atomic E-state index is 0.695. The monoisotopic (exact) mass is 311 g/mol. The number of nitrogens with one attached hydrogen (secondary N) is 2. The highest BCUT2D eigenvalue weighted by atomic mass is 35.5. The molecule has 2 aromatic heterocycles. The minimum atomic E-state index is 0.695. The van der Waals surface area contributed by atoms with Crippen LogP contribution in [-0.2, 0) is 20.0 Å². The van der Waals surface area contributed by atoms with E-state index in [1.165, 1.54) is 4.88 Å². The van der Waals surface area contributed by atoms with Gasteiger partial charge in [-0.2, -0.15) is 5.10 Å². The van der Waals surface area contributed by atoms with Crippen molar-refractivity contribution in [3.63, 3.8) is 0 Å². The molecular formula is C13H18ClN5S. The van der Waals surface area contributed by atoms with Gasteiger partial charge in [-0.3, -0.25) is 9.67 Å². The van der Waals surface area contributed by atoms with Crippen molar-refractivity contribution in [2.45, 2.75) is 13.0 Å². The van der Waals surface area contributed by atoms with E-state index in [0.29, 0.717) is 6.54 Å². The summed E-state index contributed by atoms with van der Waals surface area (Å²) in [4.78, 5) is 5.46. The molecule has 0 saturated carbocycles. The van der Waals surface area contributed by atoms with Gasteiger partial charge in [-0.15, -0.1) is 11.3 Å². The normalized spacial score (nSPS) is 11.7. The van der Waals surface area contributed by atoms with Gasteiger partial charge in [0.2, 0.25) is 0 Å². The third-order valence-electron chi connectivity index (χ3n) is 2.88. The van der Waals surface area contributed by atoms with Crippen LogP contribution in [0.2, 0.25) is 4.34 Å².